The minimum Gasteiger partial charge on any atom is -0.396 e. The van der Waals surface area contributed by atoms with E-state index in [4.69, 9.17) is 5.11 Å². The highest BCUT2D eigenvalue weighted by atomic mass is 79.9. The van der Waals surface area contributed by atoms with Gasteiger partial charge in [0.2, 0.25) is 0 Å². The van der Waals surface area contributed by atoms with Crippen LogP contribution in [0.2, 0.25) is 0 Å². The van der Waals surface area contributed by atoms with Crippen LogP contribution in [0.15, 0.2) is 16.7 Å². The van der Waals surface area contributed by atoms with Gasteiger partial charge in [0.25, 0.3) is 5.69 Å². The van der Waals surface area contributed by atoms with Gasteiger partial charge < -0.3 is 10.4 Å². The molecule has 0 aliphatic rings. The van der Waals surface area contributed by atoms with E-state index in [1.54, 1.807) is 0 Å². The molecule has 1 heterocycles. The van der Waals surface area contributed by atoms with Crippen molar-refractivity contribution in [2.24, 2.45) is 0 Å². The molecule has 1 aromatic heterocycles. The second kappa shape index (κ2) is 6.51. The minimum atomic E-state index is -0.493. The fourth-order valence-corrected chi connectivity index (χ4v) is 1.81. The largest absolute Gasteiger partial charge is 0.396 e. The van der Waals surface area contributed by atoms with Gasteiger partial charge in [-0.25, -0.2) is 4.98 Å². The maximum absolute atomic E-state index is 10.5. The standard InChI is InChI=1S/C10H14BrN3O3/c1-2-7(3-4-15)13-10-9(11)5-8(6-12-10)14(16)17/h5-7,15H,2-4H2,1H3,(H,12,13). The van der Waals surface area contributed by atoms with E-state index >= 15 is 0 Å². The summed E-state index contributed by atoms with van der Waals surface area (Å²) in [4.78, 5) is 14.0. The minimum absolute atomic E-state index is 0.0577. The number of nitro groups is 1. The first-order valence-electron chi connectivity index (χ1n) is 5.25. The molecule has 7 heteroatoms. The number of rotatable bonds is 6. The summed E-state index contributed by atoms with van der Waals surface area (Å²) in [7, 11) is 0. The van der Waals surface area contributed by atoms with E-state index in [-0.39, 0.29) is 18.3 Å². The van der Waals surface area contributed by atoms with Gasteiger partial charge >= 0.3 is 0 Å². The highest BCUT2D eigenvalue weighted by molar-refractivity contribution is 9.10. The first-order valence-corrected chi connectivity index (χ1v) is 6.05. The molecule has 1 aromatic rings. The van der Waals surface area contributed by atoms with Crippen molar-refractivity contribution in [2.45, 2.75) is 25.8 Å². The van der Waals surface area contributed by atoms with Crippen molar-refractivity contribution < 1.29 is 10.0 Å². The summed E-state index contributed by atoms with van der Waals surface area (Å²) in [5.41, 5.74) is -0.0577. The smallest absolute Gasteiger partial charge is 0.288 e. The molecule has 0 saturated carbocycles. The molecule has 0 aliphatic carbocycles. The Labute approximate surface area is 107 Å². The van der Waals surface area contributed by atoms with Crippen molar-refractivity contribution >= 4 is 27.4 Å². The molecule has 1 unspecified atom stereocenters. The van der Waals surface area contributed by atoms with Crippen molar-refractivity contribution in [2.75, 3.05) is 11.9 Å². The van der Waals surface area contributed by atoms with Crippen molar-refractivity contribution in [3.63, 3.8) is 0 Å². The monoisotopic (exact) mass is 303 g/mol. The summed E-state index contributed by atoms with van der Waals surface area (Å²) in [6.07, 6.45) is 2.66. The summed E-state index contributed by atoms with van der Waals surface area (Å²) in [5.74, 6) is 0.552. The Morgan fingerprint density at radius 3 is 2.88 bits per heavy atom. The van der Waals surface area contributed by atoms with Gasteiger partial charge in [-0.15, -0.1) is 0 Å². The number of aliphatic hydroxyl groups excluding tert-OH is 1. The van der Waals surface area contributed by atoms with Crippen LogP contribution in [-0.4, -0.2) is 27.7 Å². The Balaban J connectivity index is 2.81. The molecule has 0 radical (unpaired) electrons. The highest BCUT2D eigenvalue weighted by Crippen LogP contribution is 2.25. The van der Waals surface area contributed by atoms with E-state index < -0.39 is 4.92 Å². The number of nitrogens with zero attached hydrogens (tertiary/aromatic N) is 2. The number of halogens is 1. The van der Waals surface area contributed by atoms with Crippen molar-refractivity contribution in [1.29, 1.82) is 0 Å². The number of hydrogen-bond donors (Lipinski definition) is 2. The van der Waals surface area contributed by atoms with Gasteiger partial charge in [0, 0.05) is 18.7 Å². The number of hydrogen-bond acceptors (Lipinski definition) is 5. The Morgan fingerprint density at radius 1 is 1.71 bits per heavy atom. The molecule has 0 aromatic carbocycles. The SMILES string of the molecule is CCC(CCO)Nc1ncc([N+](=O)[O-])cc1Br. The zero-order chi connectivity index (χ0) is 12.8. The fraction of sp³-hybridized carbons (Fsp3) is 0.500. The first kappa shape index (κ1) is 13.9. The van der Waals surface area contributed by atoms with Crippen LogP contribution in [0.1, 0.15) is 19.8 Å². The van der Waals surface area contributed by atoms with E-state index in [1.807, 2.05) is 6.92 Å². The lowest BCUT2D eigenvalue weighted by Gasteiger charge is -2.16. The topological polar surface area (TPSA) is 88.3 Å². The van der Waals surface area contributed by atoms with E-state index in [0.29, 0.717) is 16.7 Å². The Bertz CT molecular complexity index is 400. The van der Waals surface area contributed by atoms with Crippen LogP contribution in [0.4, 0.5) is 11.5 Å². The van der Waals surface area contributed by atoms with Crippen LogP contribution in [0.25, 0.3) is 0 Å². The lowest BCUT2D eigenvalue weighted by molar-refractivity contribution is -0.385. The van der Waals surface area contributed by atoms with Crippen molar-refractivity contribution in [3.05, 3.63) is 26.9 Å². The summed E-state index contributed by atoms with van der Waals surface area (Å²) in [5, 5.41) is 22.5. The molecule has 2 N–H and O–H groups in total. The number of aliphatic hydroxyl groups is 1. The van der Waals surface area contributed by atoms with Crippen LogP contribution in [0, 0.1) is 10.1 Å². The zero-order valence-corrected chi connectivity index (χ0v) is 11.0. The molecule has 94 valence electrons. The van der Waals surface area contributed by atoms with Gasteiger partial charge in [-0.3, -0.25) is 10.1 Å². The molecule has 0 saturated heterocycles. The number of anilines is 1. The molecular weight excluding hydrogens is 290 g/mol. The summed E-state index contributed by atoms with van der Waals surface area (Å²) >= 11 is 3.23. The van der Waals surface area contributed by atoms with Gasteiger partial charge in [0.05, 0.1) is 9.40 Å². The number of nitrogens with one attached hydrogen (secondary N) is 1. The van der Waals surface area contributed by atoms with E-state index in [2.05, 4.69) is 26.2 Å². The van der Waals surface area contributed by atoms with Crippen LogP contribution < -0.4 is 5.32 Å². The van der Waals surface area contributed by atoms with Gasteiger partial charge in [-0.1, -0.05) is 6.92 Å². The van der Waals surface area contributed by atoms with Crippen LogP contribution in [0.3, 0.4) is 0 Å². The summed E-state index contributed by atoms with van der Waals surface area (Å²) in [6, 6.07) is 1.51. The predicted octanol–water partition coefficient (Wildman–Crippen LogP) is 2.33. The van der Waals surface area contributed by atoms with Gasteiger partial charge in [0.15, 0.2) is 0 Å². The molecule has 6 nitrogen and oxygen atoms in total. The van der Waals surface area contributed by atoms with E-state index in [9.17, 15) is 10.1 Å². The third-order valence-corrected chi connectivity index (χ3v) is 2.95. The number of aromatic nitrogens is 1. The molecule has 0 amide bonds. The predicted molar refractivity (Wildman–Crippen MR) is 68.0 cm³/mol. The third-order valence-electron chi connectivity index (χ3n) is 2.35. The van der Waals surface area contributed by atoms with Gasteiger partial charge in [0.1, 0.15) is 12.0 Å². The van der Waals surface area contributed by atoms with E-state index in [0.717, 1.165) is 6.42 Å². The third kappa shape index (κ3) is 3.94. The quantitative estimate of drug-likeness (QED) is 0.622. The zero-order valence-electron chi connectivity index (χ0n) is 9.39. The fourth-order valence-electron chi connectivity index (χ4n) is 1.36. The second-order valence-corrected chi connectivity index (χ2v) is 4.40. The molecule has 1 atom stereocenters. The molecule has 0 fully saturated rings. The van der Waals surface area contributed by atoms with Gasteiger partial charge in [-0.05, 0) is 28.8 Å². The summed E-state index contributed by atoms with van der Waals surface area (Å²) in [6.45, 7) is 2.09. The lowest BCUT2D eigenvalue weighted by Crippen LogP contribution is -2.20. The lowest BCUT2D eigenvalue weighted by atomic mass is 10.1. The second-order valence-electron chi connectivity index (χ2n) is 3.54. The Kier molecular flexibility index (Phi) is 5.30. The van der Waals surface area contributed by atoms with Crippen LogP contribution >= 0.6 is 15.9 Å². The average molecular weight is 304 g/mol. The van der Waals surface area contributed by atoms with Crippen molar-refractivity contribution in [1.82, 2.24) is 4.98 Å². The molecule has 0 aliphatic heterocycles. The molecule has 17 heavy (non-hydrogen) atoms. The van der Waals surface area contributed by atoms with Crippen molar-refractivity contribution in [3.8, 4) is 0 Å². The average Bonchev–Trinajstić information content (AvgIpc) is 2.30. The molecule has 1 rings (SSSR count). The van der Waals surface area contributed by atoms with Crippen LogP contribution in [0.5, 0.6) is 0 Å². The maximum atomic E-state index is 10.5. The normalized spacial score (nSPS) is 12.2. The maximum Gasteiger partial charge on any atom is 0.288 e. The van der Waals surface area contributed by atoms with Crippen LogP contribution in [-0.2, 0) is 0 Å². The van der Waals surface area contributed by atoms with E-state index in [1.165, 1.54) is 12.3 Å². The highest BCUT2D eigenvalue weighted by Gasteiger charge is 2.13. The Hall–Kier alpha value is -1.21. The summed E-state index contributed by atoms with van der Waals surface area (Å²) < 4.78 is 0.545. The first-order chi connectivity index (χ1) is 8.08. The number of pyridine rings is 1. The van der Waals surface area contributed by atoms with Gasteiger partial charge in [-0.2, -0.15) is 0 Å². The molecule has 0 bridgehead atoms. The molecule has 0 spiro atoms. The Morgan fingerprint density at radius 2 is 2.41 bits per heavy atom. The molecular formula is C10H14BrN3O3.